The fraction of sp³-hybridized carbons (Fsp3) is 0.364. The Morgan fingerprint density at radius 1 is 1.29 bits per heavy atom. The van der Waals surface area contributed by atoms with E-state index in [-0.39, 0.29) is 6.61 Å². The van der Waals surface area contributed by atoms with Crippen LogP contribution in [0.2, 0.25) is 0 Å². The third kappa shape index (κ3) is 3.54. The highest BCUT2D eigenvalue weighted by Gasteiger charge is 2.06. The predicted octanol–water partition coefficient (Wildman–Crippen LogP) is 1.73. The van der Waals surface area contributed by atoms with Gasteiger partial charge in [-0.1, -0.05) is 17.8 Å². The molecule has 0 spiro atoms. The molecule has 90 valence electrons. The number of thioether (sulfide) groups is 1. The second kappa shape index (κ2) is 6.36. The summed E-state index contributed by atoms with van der Waals surface area (Å²) >= 11 is 1.58. The van der Waals surface area contributed by atoms with Gasteiger partial charge in [-0.25, -0.2) is 0 Å². The zero-order valence-electron chi connectivity index (χ0n) is 9.33. The predicted molar refractivity (Wildman–Crippen MR) is 66.7 cm³/mol. The number of aliphatic hydroxyl groups is 1. The van der Waals surface area contributed by atoms with Crippen LogP contribution >= 0.6 is 11.8 Å². The Kier molecular flexibility index (Phi) is 4.52. The quantitative estimate of drug-likeness (QED) is 0.603. The summed E-state index contributed by atoms with van der Waals surface area (Å²) < 4.78 is 0. The van der Waals surface area contributed by atoms with Crippen molar-refractivity contribution in [2.45, 2.75) is 18.0 Å². The molecule has 2 rings (SSSR count). The van der Waals surface area contributed by atoms with E-state index >= 15 is 0 Å². The molecule has 0 aliphatic heterocycles. The van der Waals surface area contributed by atoms with Crippen LogP contribution in [-0.4, -0.2) is 37.6 Å². The molecule has 2 aromatic rings. The Morgan fingerprint density at radius 3 is 3.00 bits per heavy atom. The van der Waals surface area contributed by atoms with Crippen molar-refractivity contribution in [3.05, 3.63) is 24.4 Å². The van der Waals surface area contributed by atoms with Gasteiger partial charge >= 0.3 is 0 Å². The number of nitrogens with one attached hydrogen (secondary N) is 1. The van der Waals surface area contributed by atoms with Gasteiger partial charge in [-0.05, 0) is 25.0 Å². The minimum absolute atomic E-state index is 0.244. The van der Waals surface area contributed by atoms with E-state index in [4.69, 9.17) is 5.11 Å². The SMILES string of the molecule is OCCCCSc1n[nH]c(-c2ccccn2)n1. The molecule has 0 saturated heterocycles. The number of hydrogen-bond acceptors (Lipinski definition) is 5. The van der Waals surface area contributed by atoms with Crippen LogP contribution < -0.4 is 0 Å². The van der Waals surface area contributed by atoms with Crippen molar-refractivity contribution < 1.29 is 5.11 Å². The van der Waals surface area contributed by atoms with Gasteiger partial charge in [0, 0.05) is 18.6 Å². The molecule has 2 aromatic heterocycles. The first kappa shape index (κ1) is 12.1. The molecule has 0 unspecified atom stereocenters. The molecule has 5 nitrogen and oxygen atoms in total. The number of aromatic amines is 1. The molecule has 0 amide bonds. The van der Waals surface area contributed by atoms with Crippen molar-refractivity contribution >= 4 is 11.8 Å². The lowest BCUT2D eigenvalue weighted by Crippen LogP contribution is -1.86. The van der Waals surface area contributed by atoms with Gasteiger partial charge < -0.3 is 5.11 Å². The highest BCUT2D eigenvalue weighted by molar-refractivity contribution is 7.99. The molecule has 0 fully saturated rings. The van der Waals surface area contributed by atoms with E-state index in [2.05, 4.69) is 20.2 Å². The normalized spacial score (nSPS) is 10.6. The number of aromatic nitrogens is 4. The number of rotatable bonds is 6. The fourth-order valence-electron chi connectivity index (χ4n) is 1.31. The Bertz CT molecular complexity index is 446. The zero-order valence-corrected chi connectivity index (χ0v) is 10.2. The molecule has 2 N–H and O–H groups in total. The van der Waals surface area contributed by atoms with Gasteiger partial charge in [0.05, 0.1) is 0 Å². The number of aliphatic hydroxyl groups excluding tert-OH is 1. The van der Waals surface area contributed by atoms with Gasteiger partial charge in [0.25, 0.3) is 0 Å². The molecule has 2 heterocycles. The largest absolute Gasteiger partial charge is 0.396 e. The maximum Gasteiger partial charge on any atom is 0.208 e. The number of H-pyrrole nitrogens is 1. The topological polar surface area (TPSA) is 74.7 Å². The molecule has 0 atom stereocenters. The van der Waals surface area contributed by atoms with Gasteiger partial charge in [0.15, 0.2) is 5.82 Å². The first-order valence-corrected chi connectivity index (χ1v) is 6.46. The lowest BCUT2D eigenvalue weighted by atomic mass is 10.3. The summed E-state index contributed by atoms with van der Waals surface area (Å²) in [6.07, 6.45) is 3.52. The second-order valence-corrected chi connectivity index (χ2v) is 4.52. The van der Waals surface area contributed by atoms with Gasteiger partial charge in [0.2, 0.25) is 5.16 Å². The Hall–Kier alpha value is -1.40. The highest BCUT2D eigenvalue weighted by Crippen LogP contribution is 2.18. The standard InChI is InChI=1S/C11H14N4OS/c16-7-3-4-8-17-11-13-10(14-15-11)9-5-1-2-6-12-9/h1-2,5-6,16H,3-4,7-8H2,(H,13,14,15). The Morgan fingerprint density at radius 2 is 2.24 bits per heavy atom. The third-order valence-electron chi connectivity index (χ3n) is 2.16. The minimum atomic E-state index is 0.244. The van der Waals surface area contributed by atoms with E-state index in [0.717, 1.165) is 29.4 Å². The molecule has 0 aromatic carbocycles. The average molecular weight is 250 g/mol. The summed E-state index contributed by atoms with van der Waals surface area (Å²) in [7, 11) is 0. The minimum Gasteiger partial charge on any atom is -0.396 e. The van der Waals surface area contributed by atoms with Crippen LogP contribution in [0.4, 0.5) is 0 Å². The number of nitrogens with zero attached hydrogens (tertiary/aromatic N) is 3. The molecule has 0 bridgehead atoms. The lowest BCUT2D eigenvalue weighted by molar-refractivity contribution is 0.287. The van der Waals surface area contributed by atoms with E-state index in [9.17, 15) is 0 Å². The first-order valence-electron chi connectivity index (χ1n) is 5.47. The number of hydrogen-bond donors (Lipinski definition) is 2. The first-order chi connectivity index (χ1) is 8.40. The smallest absolute Gasteiger partial charge is 0.208 e. The summed E-state index contributed by atoms with van der Waals surface area (Å²) in [4.78, 5) is 8.55. The lowest BCUT2D eigenvalue weighted by Gasteiger charge is -1.94. The van der Waals surface area contributed by atoms with Crippen molar-refractivity contribution in [1.82, 2.24) is 20.2 Å². The van der Waals surface area contributed by atoms with Crippen LogP contribution in [0, 0.1) is 0 Å². The molecule has 0 saturated carbocycles. The van der Waals surface area contributed by atoms with Crippen molar-refractivity contribution in [3.8, 4) is 11.5 Å². The van der Waals surface area contributed by atoms with Crippen LogP contribution in [0.3, 0.4) is 0 Å². The van der Waals surface area contributed by atoms with E-state index in [1.807, 2.05) is 18.2 Å². The molecule has 0 aliphatic rings. The summed E-state index contributed by atoms with van der Waals surface area (Å²) in [5.41, 5.74) is 0.794. The van der Waals surface area contributed by atoms with Crippen molar-refractivity contribution in [2.75, 3.05) is 12.4 Å². The molecule has 0 aliphatic carbocycles. The monoisotopic (exact) mass is 250 g/mol. The van der Waals surface area contributed by atoms with Crippen molar-refractivity contribution in [1.29, 1.82) is 0 Å². The van der Waals surface area contributed by atoms with Crippen LogP contribution in [0.5, 0.6) is 0 Å². The van der Waals surface area contributed by atoms with Gasteiger partial charge in [0.1, 0.15) is 5.69 Å². The molecular formula is C11H14N4OS. The zero-order chi connectivity index (χ0) is 11.9. The van der Waals surface area contributed by atoms with Crippen LogP contribution in [0.25, 0.3) is 11.5 Å². The fourth-order valence-corrected chi connectivity index (χ4v) is 2.10. The molecule has 0 radical (unpaired) electrons. The second-order valence-electron chi connectivity index (χ2n) is 3.46. The molecule has 6 heteroatoms. The molecular weight excluding hydrogens is 236 g/mol. The van der Waals surface area contributed by atoms with Gasteiger partial charge in [-0.15, -0.1) is 5.10 Å². The third-order valence-corrected chi connectivity index (χ3v) is 3.09. The van der Waals surface area contributed by atoms with Gasteiger partial charge in [-0.2, -0.15) is 4.98 Å². The van der Waals surface area contributed by atoms with Crippen molar-refractivity contribution in [3.63, 3.8) is 0 Å². The van der Waals surface area contributed by atoms with E-state index in [1.165, 1.54) is 0 Å². The Labute approximate surface area is 104 Å². The van der Waals surface area contributed by atoms with Gasteiger partial charge in [-0.3, -0.25) is 10.1 Å². The maximum absolute atomic E-state index is 8.66. The van der Waals surface area contributed by atoms with Crippen LogP contribution in [0.15, 0.2) is 29.6 Å². The molecule has 17 heavy (non-hydrogen) atoms. The maximum atomic E-state index is 8.66. The number of unbranched alkanes of at least 4 members (excludes halogenated alkanes) is 1. The van der Waals surface area contributed by atoms with E-state index in [1.54, 1.807) is 18.0 Å². The number of pyridine rings is 1. The van der Waals surface area contributed by atoms with Crippen molar-refractivity contribution in [2.24, 2.45) is 0 Å². The summed E-state index contributed by atoms with van der Waals surface area (Å²) in [5.74, 6) is 1.61. The summed E-state index contributed by atoms with van der Waals surface area (Å²) in [6.45, 7) is 0.244. The average Bonchev–Trinajstić information content (AvgIpc) is 2.85. The highest BCUT2D eigenvalue weighted by atomic mass is 32.2. The Balaban J connectivity index is 1.92. The summed E-state index contributed by atoms with van der Waals surface area (Å²) in [5, 5.41) is 16.4. The van der Waals surface area contributed by atoms with Crippen LogP contribution in [-0.2, 0) is 0 Å². The summed E-state index contributed by atoms with van der Waals surface area (Å²) in [6, 6.07) is 5.67. The van der Waals surface area contributed by atoms with E-state index in [0.29, 0.717) is 5.82 Å². The van der Waals surface area contributed by atoms with Crippen LogP contribution in [0.1, 0.15) is 12.8 Å². The van der Waals surface area contributed by atoms with E-state index < -0.39 is 0 Å².